The number of carbonyl (C=O) groups excluding carboxylic acids is 1. The molecule has 0 amide bonds. The monoisotopic (exact) mass is 255 g/mol. The standard InChI is InChI=1S/C15H17N3O/c1-11(8-12-6-7-17-18-10-12)14(9-16)15(19)13-4-2-3-5-13/h6-7,10,13H,2-5,8H2,1H3/b14-11+. The molecule has 1 fully saturated rings. The number of carbonyl (C=O) groups is 1. The number of Topliss-reactive ketones (excluding diaryl/α,β-unsaturated/α-hetero) is 1. The van der Waals surface area contributed by atoms with E-state index in [4.69, 9.17) is 0 Å². The fraction of sp³-hybridized carbons (Fsp3) is 0.467. The van der Waals surface area contributed by atoms with Crippen molar-refractivity contribution in [3.8, 4) is 6.07 Å². The molecule has 98 valence electrons. The molecule has 19 heavy (non-hydrogen) atoms. The smallest absolute Gasteiger partial charge is 0.176 e. The first kappa shape index (κ1) is 13.4. The highest BCUT2D eigenvalue weighted by Gasteiger charge is 2.26. The third-order valence-electron chi connectivity index (χ3n) is 3.63. The molecule has 0 saturated heterocycles. The quantitative estimate of drug-likeness (QED) is 0.612. The molecule has 0 N–H and O–H groups in total. The second-order valence-corrected chi connectivity index (χ2v) is 5.04. The highest BCUT2D eigenvalue weighted by Crippen LogP contribution is 2.28. The molecule has 0 aromatic carbocycles. The van der Waals surface area contributed by atoms with Gasteiger partial charge in [0.2, 0.25) is 0 Å². The van der Waals surface area contributed by atoms with Crippen LogP contribution in [-0.4, -0.2) is 16.0 Å². The average Bonchev–Trinajstić information content (AvgIpc) is 2.94. The van der Waals surface area contributed by atoms with E-state index in [9.17, 15) is 10.1 Å². The van der Waals surface area contributed by atoms with Gasteiger partial charge in [-0.1, -0.05) is 12.8 Å². The SMILES string of the molecule is C/C(Cc1ccnnc1)=C(/C#N)C(=O)C1CCCC1. The van der Waals surface area contributed by atoms with E-state index in [1.165, 1.54) is 0 Å². The second kappa shape index (κ2) is 6.24. The van der Waals surface area contributed by atoms with Crippen LogP contribution in [-0.2, 0) is 11.2 Å². The summed E-state index contributed by atoms with van der Waals surface area (Å²) in [7, 11) is 0. The van der Waals surface area contributed by atoms with Crippen LogP contribution in [0.5, 0.6) is 0 Å². The van der Waals surface area contributed by atoms with Crippen molar-refractivity contribution in [2.45, 2.75) is 39.0 Å². The van der Waals surface area contributed by atoms with Gasteiger partial charge in [0.05, 0.1) is 11.8 Å². The molecule has 1 aromatic rings. The number of aromatic nitrogens is 2. The molecule has 2 rings (SSSR count). The summed E-state index contributed by atoms with van der Waals surface area (Å²) >= 11 is 0. The predicted molar refractivity (Wildman–Crippen MR) is 71.0 cm³/mol. The zero-order chi connectivity index (χ0) is 13.7. The average molecular weight is 255 g/mol. The minimum atomic E-state index is 0.0273. The van der Waals surface area contributed by atoms with Gasteiger partial charge in [0.1, 0.15) is 6.07 Å². The first-order chi connectivity index (χ1) is 9.22. The zero-order valence-electron chi connectivity index (χ0n) is 11.1. The maximum atomic E-state index is 12.3. The van der Waals surface area contributed by atoms with Gasteiger partial charge in [-0.15, -0.1) is 0 Å². The van der Waals surface area contributed by atoms with Crippen LogP contribution in [0.15, 0.2) is 29.6 Å². The molecular formula is C15H17N3O. The number of allylic oxidation sites excluding steroid dienone is 2. The Labute approximate surface area is 113 Å². The van der Waals surface area contributed by atoms with Crippen LogP contribution in [0, 0.1) is 17.2 Å². The number of hydrogen-bond donors (Lipinski definition) is 0. The van der Waals surface area contributed by atoms with Gasteiger partial charge >= 0.3 is 0 Å². The van der Waals surface area contributed by atoms with Gasteiger partial charge in [-0.05, 0) is 43.4 Å². The molecule has 1 aliphatic rings. The third kappa shape index (κ3) is 3.25. The maximum Gasteiger partial charge on any atom is 0.176 e. The van der Waals surface area contributed by atoms with Gasteiger partial charge in [-0.25, -0.2) is 0 Å². The Hall–Kier alpha value is -2.02. The molecule has 0 atom stereocenters. The number of ketones is 1. The lowest BCUT2D eigenvalue weighted by Gasteiger charge is -2.09. The van der Waals surface area contributed by atoms with E-state index in [1.54, 1.807) is 12.4 Å². The minimum absolute atomic E-state index is 0.0273. The van der Waals surface area contributed by atoms with Crippen molar-refractivity contribution in [1.29, 1.82) is 5.26 Å². The Bertz CT molecular complexity index is 522. The van der Waals surface area contributed by atoms with Crippen LogP contribution in [0.4, 0.5) is 0 Å². The molecule has 4 heteroatoms. The molecule has 1 aliphatic carbocycles. The Morgan fingerprint density at radius 1 is 1.42 bits per heavy atom. The Kier molecular flexibility index (Phi) is 4.40. The Morgan fingerprint density at radius 3 is 2.74 bits per heavy atom. The molecule has 0 spiro atoms. The summed E-state index contributed by atoms with van der Waals surface area (Å²) in [5.74, 6) is 0.0830. The van der Waals surface area contributed by atoms with E-state index in [2.05, 4.69) is 16.3 Å². The summed E-state index contributed by atoms with van der Waals surface area (Å²) in [5.41, 5.74) is 2.13. The van der Waals surface area contributed by atoms with Crippen LogP contribution < -0.4 is 0 Å². The number of rotatable bonds is 4. The van der Waals surface area contributed by atoms with E-state index in [0.29, 0.717) is 12.0 Å². The van der Waals surface area contributed by atoms with Crippen molar-refractivity contribution in [3.05, 3.63) is 35.2 Å². The molecule has 0 unspecified atom stereocenters. The number of nitrogens with zero attached hydrogens (tertiary/aromatic N) is 3. The maximum absolute atomic E-state index is 12.3. The van der Waals surface area contributed by atoms with Gasteiger partial charge in [-0.3, -0.25) is 4.79 Å². The van der Waals surface area contributed by atoms with Crippen molar-refractivity contribution in [2.24, 2.45) is 5.92 Å². The normalized spacial score (nSPS) is 16.8. The van der Waals surface area contributed by atoms with Crippen LogP contribution in [0.1, 0.15) is 38.2 Å². The highest BCUT2D eigenvalue weighted by atomic mass is 16.1. The van der Waals surface area contributed by atoms with Crippen LogP contribution in [0.2, 0.25) is 0 Å². The second-order valence-electron chi connectivity index (χ2n) is 5.04. The molecule has 1 aromatic heterocycles. The van der Waals surface area contributed by atoms with Gasteiger partial charge in [0, 0.05) is 12.1 Å². The third-order valence-corrected chi connectivity index (χ3v) is 3.63. The minimum Gasteiger partial charge on any atom is -0.293 e. The molecule has 4 nitrogen and oxygen atoms in total. The summed E-state index contributed by atoms with van der Waals surface area (Å²) in [6, 6.07) is 3.95. The summed E-state index contributed by atoms with van der Waals surface area (Å²) in [6.45, 7) is 1.85. The van der Waals surface area contributed by atoms with Crippen molar-refractivity contribution in [2.75, 3.05) is 0 Å². The molecule has 1 saturated carbocycles. The van der Waals surface area contributed by atoms with Crippen LogP contribution in [0.25, 0.3) is 0 Å². The van der Waals surface area contributed by atoms with Crippen molar-refractivity contribution < 1.29 is 4.79 Å². The summed E-state index contributed by atoms with van der Waals surface area (Å²) in [4.78, 5) is 12.3. The fourth-order valence-corrected chi connectivity index (χ4v) is 2.57. The summed E-state index contributed by atoms with van der Waals surface area (Å²) < 4.78 is 0. The zero-order valence-corrected chi connectivity index (χ0v) is 11.1. The van der Waals surface area contributed by atoms with E-state index in [-0.39, 0.29) is 11.7 Å². The Morgan fingerprint density at radius 2 is 2.16 bits per heavy atom. The lowest BCUT2D eigenvalue weighted by Crippen LogP contribution is -2.14. The molecule has 0 bridgehead atoms. The molecule has 1 heterocycles. The summed E-state index contributed by atoms with van der Waals surface area (Å²) in [6.07, 6.45) is 7.91. The van der Waals surface area contributed by atoms with E-state index < -0.39 is 0 Å². The molecule has 0 aliphatic heterocycles. The molecule has 0 radical (unpaired) electrons. The predicted octanol–water partition coefficient (Wildman–Crippen LogP) is 2.62. The van der Waals surface area contributed by atoms with Gasteiger partial charge in [0.25, 0.3) is 0 Å². The van der Waals surface area contributed by atoms with Crippen LogP contribution >= 0.6 is 0 Å². The molecular weight excluding hydrogens is 238 g/mol. The van der Waals surface area contributed by atoms with Crippen molar-refractivity contribution in [1.82, 2.24) is 10.2 Å². The van der Waals surface area contributed by atoms with E-state index in [0.717, 1.165) is 36.8 Å². The first-order valence-corrected chi connectivity index (χ1v) is 6.62. The van der Waals surface area contributed by atoms with Gasteiger partial charge in [0.15, 0.2) is 5.78 Å². The van der Waals surface area contributed by atoms with Crippen LogP contribution in [0.3, 0.4) is 0 Å². The van der Waals surface area contributed by atoms with Gasteiger partial charge in [-0.2, -0.15) is 15.5 Å². The van der Waals surface area contributed by atoms with Gasteiger partial charge < -0.3 is 0 Å². The van der Waals surface area contributed by atoms with E-state index in [1.807, 2.05) is 13.0 Å². The Balaban J connectivity index is 2.17. The first-order valence-electron chi connectivity index (χ1n) is 6.62. The van der Waals surface area contributed by atoms with E-state index >= 15 is 0 Å². The highest BCUT2D eigenvalue weighted by molar-refractivity contribution is 6.01. The topological polar surface area (TPSA) is 66.6 Å². The lowest BCUT2D eigenvalue weighted by atomic mass is 9.92. The van der Waals surface area contributed by atoms with Crippen molar-refractivity contribution in [3.63, 3.8) is 0 Å². The fourth-order valence-electron chi connectivity index (χ4n) is 2.57. The largest absolute Gasteiger partial charge is 0.293 e. The lowest BCUT2D eigenvalue weighted by molar-refractivity contribution is -0.118. The number of nitriles is 1. The number of hydrogen-bond acceptors (Lipinski definition) is 4. The van der Waals surface area contributed by atoms with Crippen molar-refractivity contribution >= 4 is 5.78 Å². The summed E-state index contributed by atoms with van der Waals surface area (Å²) in [5, 5.41) is 16.8.